The van der Waals surface area contributed by atoms with Gasteiger partial charge in [-0.25, -0.2) is 4.79 Å². The molecule has 1 atom stereocenters. The molecule has 1 aromatic heterocycles. The zero-order valence-electron chi connectivity index (χ0n) is 15.5. The number of rotatable bonds is 3. The number of ether oxygens (including phenoxy) is 1. The zero-order valence-corrected chi connectivity index (χ0v) is 15.5. The molecule has 0 saturated carbocycles. The first kappa shape index (κ1) is 17.8. The molecule has 4 rings (SSSR count). The Balaban J connectivity index is 1.81. The monoisotopic (exact) mass is 377 g/mol. The number of aromatic nitrogens is 2. The van der Waals surface area contributed by atoms with Gasteiger partial charge in [0.25, 0.3) is 5.56 Å². The number of hydrogen-bond acceptors (Lipinski definition) is 4. The second-order valence-electron chi connectivity index (χ2n) is 6.76. The van der Waals surface area contributed by atoms with Crippen molar-refractivity contribution >= 4 is 11.7 Å². The van der Waals surface area contributed by atoms with E-state index in [1.807, 2.05) is 54.6 Å². The highest BCUT2D eigenvalue weighted by Gasteiger charge is 2.32. The lowest BCUT2D eigenvalue weighted by molar-refractivity contribution is -0.116. The largest absolute Gasteiger partial charge is 0.457 e. The van der Waals surface area contributed by atoms with Crippen molar-refractivity contribution < 1.29 is 9.53 Å². The Kier molecular flexibility index (Phi) is 4.35. The van der Waals surface area contributed by atoms with Crippen molar-refractivity contribution in [2.75, 3.05) is 5.32 Å². The fourth-order valence-corrected chi connectivity index (χ4v) is 3.51. The average molecular weight is 377 g/mol. The third-order valence-electron chi connectivity index (χ3n) is 4.93. The average Bonchev–Trinajstić information content (AvgIpc) is 2.71. The van der Waals surface area contributed by atoms with Crippen LogP contribution >= 0.6 is 0 Å². The van der Waals surface area contributed by atoms with E-state index in [0.29, 0.717) is 17.1 Å². The molecule has 0 unspecified atom stereocenters. The molecule has 0 aliphatic carbocycles. The van der Waals surface area contributed by atoms with Crippen molar-refractivity contribution in [1.29, 1.82) is 0 Å². The number of carbonyl (C=O) groups is 1. The molecule has 3 aromatic rings. The maximum atomic E-state index is 12.8. The van der Waals surface area contributed by atoms with Crippen LogP contribution in [0.15, 0.2) is 64.2 Å². The normalized spacial score (nSPS) is 15.6. The summed E-state index contributed by atoms with van der Waals surface area (Å²) in [5, 5.41) is 2.67. The molecule has 28 heavy (non-hydrogen) atoms. The van der Waals surface area contributed by atoms with Crippen LogP contribution in [0, 0.1) is 0 Å². The molecular formula is C21H19N3O4. The number of carbonyl (C=O) groups excluding carboxylic acids is 1. The second-order valence-corrected chi connectivity index (χ2v) is 6.76. The maximum absolute atomic E-state index is 12.8. The van der Waals surface area contributed by atoms with Crippen LogP contribution in [0.3, 0.4) is 0 Å². The van der Waals surface area contributed by atoms with Crippen molar-refractivity contribution in [2.45, 2.75) is 12.3 Å². The van der Waals surface area contributed by atoms with E-state index in [1.54, 1.807) is 0 Å². The molecule has 7 heteroatoms. The molecule has 1 N–H and O–H groups in total. The molecule has 1 aliphatic heterocycles. The first-order chi connectivity index (χ1) is 13.5. The number of fused-ring (bicyclic) bond motifs is 1. The van der Waals surface area contributed by atoms with Crippen LogP contribution < -0.4 is 21.3 Å². The van der Waals surface area contributed by atoms with Crippen LogP contribution in [0.1, 0.15) is 23.5 Å². The van der Waals surface area contributed by atoms with Gasteiger partial charge in [-0.1, -0.05) is 30.3 Å². The quantitative estimate of drug-likeness (QED) is 0.760. The van der Waals surface area contributed by atoms with Gasteiger partial charge in [-0.15, -0.1) is 0 Å². The second kappa shape index (κ2) is 6.84. The SMILES string of the molecule is Cn1c2c(c(=O)n(C)c1=O)[C@H](c1cccc(Oc3ccccc3)c1)CC(=O)N2. The van der Waals surface area contributed by atoms with Gasteiger partial charge in [-0.3, -0.25) is 18.7 Å². The number of benzene rings is 2. The maximum Gasteiger partial charge on any atom is 0.332 e. The van der Waals surface area contributed by atoms with Gasteiger partial charge >= 0.3 is 5.69 Å². The Morgan fingerprint density at radius 2 is 1.64 bits per heavy atom. The van der Waals surface area contributed by atoms with Gasteiger partial charge < -0.3 is 10.1 Å². The zero-order chi connectivity index (χ0) is 19.8. The number of nitrogens with one attached hydrogen (secondary N) is 1. The van der Waals surface area contributed by atoms with E-state index in [2.05, 4.69) is 5.32 Å². The highest BCUT2D eigenvalue weighted by Crippen LogP contribution is 2.35. The highest BCUT2D eigenvalue weighted by molar-refractivity contribution is 5.94. The Labute approximate surface area is 160 Å². The topological polar surface area (TPSA) is 82.3 Å². The first-order valence-electron chi connectivity index (χ1n) is 8.88. The summed E-state index contributed by atoms with van der Waals surface area (Å²) in [6, 6.07) is 16.7. The van der Waals surface area contributed by atoms with Gasteiger partial charge in [-0.05, 0) is 29.8 Å². The summed E-state index contributed by atoms with van der Waals surface area (Å²) in [7, 11) is 2.98. The Morgan fingerprint density at radius 3 is 2.39 bits per heavy atom. The predicted octanol–water partition coefficient (Wildman–Crippen LogP) is 2.35. The lowest BCUT2D eigenvalue weighted by Crippen LogP contribution is -2.44. The van der Waals surface area contributed by atoms with Crippen LogP contribution in [0.4, 0.5) is 5.82 Å². The van der Waals surface area contributed by atoms with Crippen LogP contribution in [0.2, 0.25) is 0 Å². The first-order valence-corrected chi connectivity index (χ1v) is 8.88. The van der Waals surface area contributed by atoms with E-state index in [0.717, 1.165) is 10.1 Å². The van der Waals surface area contributed by atoms with E-state index in [4.69, 9.17) is 4.74 Å². The molecule has 142 valence electrons. The Morgan fingerprint density at radius 1 is 0.929 bits per heavy atom. The lowest BCUT2D eigenvalue weighted by atomic mass is 9.86. The summed E-state index contributed by atoms with van der Waals surface area (Å²) in [5.41, 5.74) is 0.296. The van der Waals surface area contributed by atoms with E-state index in [9.17, 15) is 14.4 Å². The minimum Gasteiger partial charge on any atom is -0.457 e. The van der Waals surface area contributed by atoms with Gasteiger partial charge in [-0.2, -0.15) is 0 Å². The summed E-state index contributed by atoms with van der Waals surface area (Å²) in [4.78, 5) is 37.3. The van der Waals surface area contributed by atoms with Crippen molar-refractivity contribution in [2.24, 2.45) is 14.1 Å². The van der Waals surface area contributed by atoms with Gasteiger partial charge in [0.15, 0.2) is 0 Å². The van der Waals surface area contributed by atoms with Crippen molar-refractivity contribution in [3.8, 4) is 11.5 Å². The summed E-state index contributed by atoms with van der Waals surface area (Å²) in [6.45, 7) is 0. The fourth-order valence-electron chi connectivity index (χ4n) is 3.51. The molecule has 7 nitrogen and oxygen atoms in total. The molecule has 0 radical (unpaired) electrons. The van der Waals surface area contributed by atoms with Crippen LogP contribution in [-0.2, 0) is 18.9 Å². The van der Waals surface area contributed by atoms with Crippen molar-refractivity contribution in [3.63, 3.8) is 0 Å². The minimum atomic E-state index is -0.481. The van der Waals surface area contributed by atoms with Crippen LogP contribution in [0.25, 0.3) is 0 Å². The molecule has 1 amide bonds. The van der Waals surface area contributed by atoms with E-state index in [-0.39, 0.29) is 18.1 Å². The summed E-state index contributed by atoms with van der Waals surface area (Å²) < 4.78 is 8.24. The van der Waals surface area contributed by atoms with Gasteiger partial charge in [0, 0.05) is 26.4 Å². The summed E-state index contributed by atoms with van der Waals surface area (Å²) >= 11 is 0. The molecule has 2 heterocycles. The lowest BCUT2D eigenvalue weighted by Gasteiger charge is -2.27. The molecule has 2 aromatic carbocycles. The van der Waals surface area contributed by atoms with Crippen LogP contribution in [0.5, 0.6) is 11.5 Å². The highest BCUT2D eigenvalue weighted by atomic mass is 16.5. The number of hydrogen-bond donors (Lipinski definition) is 1. The van der Waals surface area contributed by atoms with E-state index in [1.165, 1.54) is 18.7 Å². The molecule has 0 spiro atoms. The van der Waals surface area contributed by atoms with Gasteiger partial charge in [0.05, 0.1) is 5.56 Å². The Hall–Kier alpha value is -3.61. The number of para-hydroxylation sites is 1. The third-order valence-corrected chi connectivity index (χ3v) is 4.93. The van der Waals surface area contributed by atoms with Gasteiger partial charge in [0.2, 0.25) is 5.91 Å². The molecule has 0 saturated heterocycles. The number of anilines is 1. The number of nitrogens with zero attached hydrogens (tertiary/aromatic N) is 2. The molecule has 0 bridgehead atoms. The van der Waals surface area contributed by atoms with Gasteiger partial charge in [0.1, 0.15) is 17.3 Å². The third kappa shape index (κ3) is 3.00. The van der Waals surface area contributed by atoms with Crippen molar-refractivity contribution in [3.05, 3.63) is 86.6 Å². The molecular weight excluding hydrogens is 358 g/mol. The predicted molar refractivity (Wildman–Crippen MR) is 105 cm³/mol. The van der Waals surface area contributed by atoms with Crippen molar-refractivity contribution in [1.82, 2.24) is 9.13 Å². The van der Waals surface area contributed by atoms with E-state index >= 15 is 0 Å². The fraction of sp³-hybridized carbons (Fsp3) is 0.190. The smallest absolute Gasteiger partial charge is 0.332 e. The standard InChI is InChI=1S/C21H19N3O4/c1-23-19-18(20(26)24(2)21(23)27)16(12-17(25)22-19)13-7-6-10-15(11-13)28-14-8-4-3-5-9-14/h3-11,16H,12H2,1-2H3,(H,22,25)/t16-/m0/s1. The van der Waals surface area contributed by atoms with E-state index < -0.39 is 17.2 Å². The molecule has 0 fully saturated rings. The Bertz CT molecular complexity index is 1180. The van der Waals surface area contributed by atoms with Crippen LogP contribution in [-0.4, -0.2) is 15.0 Å². The summed E-state index contributed by atoms with van der Waals surface area (Å²) in [6.07, 6.45) is 0.120. The number of amides is 1. The minimum absolute atomic E-state index is 0.120. The summed E-state index contributed by atoms with van der Waals surface area (Å²) in [5.74, 6) is 0.852. The molecule has 1 aliphatic rings.